The highest BCUT2D eigenvalue weighted by molar-refractivity contribution is 5.95. The molecule has 0 unspecified atom stereocenters. The molecule has 104 valence electrons. The van der Waals surface area contributed by atoms with E-state index in [1.54, 1.807) is 7.05 Å². The molecule has 0 aromatic heterocycles. The Bertz CT molecular complexity index is 463. The Hall–Kier alpha value is -1.39. The monoisotopic (exact) mass is 262 g/mol. The van der Waals surface area contributed by atoms with Crippen molar-refractivity contribution in [2.45, 2.75) is 39.2 Å². The maximum atomic E-state index is 12.4. The van der Waals surface area contributed by atoms with Crippen molar-refractivity contribution in [2.24, 2.45) is 0 Å². The van der Waals surface area contributed by atoms with Crippen molar-refractivity contribution in [1.29, 1.82) is 0 Å². The van der Waals surface area contributed by atoms with Gasteiger partial charge < -0.3 is 15.2 Å². The molecule has 1 saturated heterocycles. The second kappa shape index (κ2) is 5.31. The van der Waals surface area contributed by atoms with Crippen molar-refractivity contribution < 1.29 is 9.44 Å². The maximum absolute atomic E-state index is 12.4. The predicted molar refractivity (Wildman–Crippen MR) is 76.6 cm³/mol. The van der Waals surface area contributed by atoms with E-state index in [2.05, 4.69) is 5.32 Å². The van der Waals surface area contributed by atoms with Gasteiger partial charge in [0.25, 0.3) is 5.91 Å². The number of hydrogen-bond donors (Lipinski definition) is 1. The first-order valence-corrected chi connectivity index (χ1v) is 6.85. The predicted octanol–water partition coefficient (Wildman–Crippen LogP) is 2.74. The molecule has 1 aliphatic rings. The van der Waals surface area contributed by atoms with Crippen LogP contribution in [0.5, 0.6) is 0 Å². The topological polar surface area (TPSA) is 52.2 Å². The summed E-state index contributed by atoms with van der Waals surface area (Å²) in [7, 11) is 1.61. The molecule has 1 aromatic rings. The Kier molecular flexibility index (Phi) is 3.92. The molecule has 0 aliphatic carbocycles. The number of nitrogens with zero attached hydrogens (tertiary/aromatic N) is 1. The third-order valence-electron chi connectivity index (χ3n) is 4.02. The summed E-state index contributed by atoms with van der Waals surface area (Å²) in [6, 6.07) is 5.42. The SMILES string of the molecule is Cc1cccc(C)c1NC(=O)[C@@H]1CCCC[N@@+]1(C)[O-]. The fourth-order valence-corrected chi connectivity index (χ4v) is 2.79. The van der Waals surface area contributed by atoms with Gasteiger partial charge in [0.2, 0.25) is 0 Å². The summed E-state index contributed by atoms with van der Waals surface area (Å²) in [6.07, 6.45) is 2.55. The number of rotatable bonds is 2. The normalized spacial score (nSPS) is 27.1. The fourth-order valence-electron chi connectivity index (χ4n) is 2.79. The summed E-state index contributed by atoms with van der Waals surface area (Å²) in [6.45, 7) is 4.47. The zero-order valence-corrected chi connectivity index (χ0v) is 11.9. The molecular formula is C15H22N2O2. The fraction of sp³-hybridized carbons (Fsp3) is 0.533. The Morgan fingerprint density at radius 1 is 1.32 bits per heavy atom. The van der Waals surface area contributed by atoms with E-state index in [0.717, 1.165) is 29.7 Å². The molecule has 1 aromatic carbocycles. The van der Waals surface area contributed by atoms with E-state index in [9.17, 15) is 10.0 Å². The molecule has 1 heterocycles. The Morgan fingerprint density at radius 2 is 1.95 bits per heavy atom. The van der Waals surface area contributed by atoms with Crippen molar-refractivity contribution in [3.8, 4) is 0 Å². The minimum Gasteiger partial charge on any atom is -0.632 e. The van der Waals surface area contributed by atoms with Gasteiger partial charge in [0.1, 0.15) is 0 Å². The molecule has 1 N–H and O–H groups in total. The van der Waals surface area contributed by atoms with Crippen molar-refractivity contribution in [2.75, 3.05) is 18.9 Å². The standard InChI is InChI=1S/C15H22N2O2/c1-11-7-6-8-12(2)14(11)16-15(18)13-9-4-5-10-17(13,3)19/h6-8,13H,4-5,9-10H2,1-3H3,(H,16,18)/t13-,17+/m0/s1. The number of likely N-dealkylation sites (tertiary alicyclic amines) is 1. The largest absolute Gasteiger partial charge is 0.632 e. The van der Waals surface area contributed by atoms with Gasteiger partial charge in [-0.3, -0.25) is 4.79 Å². The number of quaternary nitrogens is 1. The lowest BCUT2D eigenvalue weighted by molar-refractivity contribution is -0.881. The van der Waals surface area contributed by atoms with Gasteiger partial charge in [-0.1, -0.05) is 18.2 Å². The van der Waals surface area contributed by atoms with Crippen molar-refractivity contribution in [3.05, 3.63) is 34.5 Å². The third-order valence-corrected chi connectivity index (χ3v) is 4.02. The van der Waals surface area contributed by atoms with Crippen LogP contribution in [-0.2, 0) is 4.79 Å². The van der Waals surface area contributed by atoms with Crippen LogP contribution < -0.4 is 5.32 Å². The van der Waals surface area contributed by atoms with Crippen LogP contribution >= 0.6 is 0 Å². The lowest BCUT2D eigenvalue weighted by atomic mass is 10.0. The van der Waals surface area contributed by atoms with Gasteiger partial charge in [0.15, 0.2) is 6.04 Å². The summed E-state index contributed by atoms with van der Waals surface area (Å²) < 4.78 is -0.448. The maximum Gasteiger partial charge on any atom is 0.283 e. The van der Waals surface area contributed by atoms with Crippen LogP contribution in [0.1, 0.15) is 30.4 Å². The van der Waals surface area contributed by atoms with E-state index < -0.39 is 10.7 Å². The highest BCUT2D eigenvalue weighted by Gasteiger charge is 2.34. The smallest absolute Gasteiger partial charge is 0.283 e. The zero-order valence-electron chi connectivity index (χ0n) is 11.9. The zero-order chi connectivity index (χ0) is 14.0. The quantitative estimate of drug-likeness (QED) is 0.658. The minimum atomic E-state index is -0.479. The summed E-state index contributed by atoms with van der Waals surface area (Å²) in [4.78, 5) is 12.4. The number of benzene rings is 1. The van der Waals surface area contributed by atoms with E-state index in [0.29, 0.717) is 13.0 Å². The van der Waals surface area contributed by atoms with E-state index in [4.69, 9.17) is 0 Å². The van der Waals surface area contributed by atoms with E-state index in [1.165, 1.54) is 0 Å². The molecule has 4 nitrogen and oxygen atoms in total. The number of carbonyl (C=O) groups is 1. The van der Waals surface area contributed by atoms with Gasteiger partial charge in [-0.15, -0.1) is 0 Å². The van der Waals surface area contributed by atoms with Gasteiger partial charge in [-0.05, 0) is 37.8 Å². The lowest BCUT2D eigenvalue weighted by Crippen LogP contribution is -2.55. The number of para-hydroxylation sites is 1. The highest BCUT2D eigenvalue weighted by atomic mass is 16.5. The number of amides is 1. The lowest BCUT2D eigenvalue weighted by Gasteiger charge is -2.47. The first kappa shape index (κ1) is 14.0. The summed E-state index contributed by atoms with van der Waals surface area (Å²) >= 11 is 0. The number of aryl methyl sites for hydroxylation is 2. The molecule has 0 bridgehead atoms. The molecule has 19 heavy (non-hydrogen) atoms. The third kappa shape index (κ3) is 2.96. The number of hydroxylamine groups is 3. The number of piperidine rings is 1. The number of likely N-dealkylation sites (N-methyl/N-ethyl adjacent to an activating group) is 1. The minimum absolute atomic E-state index is 0.144. The van der Waals surface area contributed by atoms with Crippen LogP contribution in [0.4, 0.5) is 5.69 Å². The number of anilines is 1. The van der Waals surface area contributed by atoms with Crippen molar-refractivity contribution in [3.63, 3.8) is 0 Å². The second-order valence-corrected chi connectivity index (χ2v) is 5.67. The molecule has 1 fully saturated rings. The second-order valence-electron chi connectivity index (χ2n) is 5.67. The molecule has 1 amide bonds. The summed E-state index contributed by atoms with van der Waals surface area (Å²) in [5.41, 5.74) is 2.91. The summed E-state index contributed by atoms with van der Waals surface area (Å²) in [5.74, 6) is -0.144. The van der Waals surface area contributed by atoms with E-state index in [1.807, 2.05) is 32.0 Å². The van der Waals surface area contributed by atoms with E-state index >= 15 is 0 Å². The van der Waals surface area contributed by atoms with Crippen LogP contribution in [-0.4, -0.2) is 30.2 Å². The van der Waals surface area contributed by atoms with Gasteiger partial charge in [-0.25, -0.2) is 0 Å². The van der Waals surface area contributed by atoms with Crippen molar-refractivity contribution in [1.82, 2.24) is 0 Å². The molecular weight excluding hydrogens is 240 g/mol. The average Bonchev–Trinajstić information content (AvgIpc) is 2.33. The first-order valence-electron chi connectivity index (χ1n) is 6.85. The molecule has 4 heteroatoms. The highest BCUT2D eigenvalue weighted by Crippen LogP contribution is 2.25. The molecule has 0 radical (unpaired) electrons. The van der Waals surface area contributed by atoms with Gasteiger partial charge in [0, 0.05) is 12.1 Å². The number of hydrogen-bond acceptors (Lipinski definition) is 2. The van der Waals surface area contributed by atoms with E-state index in [-0.39, 0.29) is 5.91 Å². The van der Waals surface area contributed by atoms with Gasteiger partial charge in [0.05, 0.1) is 13.6 Å². The molecule has 2 atom stereocenters. The number of nitrogens with one attached hydrogen (secondary N) is 1. The Morgan fingerprint density at radius 3 is 2.53 bits per heavy atom. The van der Waals surface area contributed by atoms with Crippen molar-refractivity contribution >= 4 is 11.6 Å². The van der Waals surface area contributed by atoms with Crippen LogP contribution in [0.25, 0.3) is 0 Å². The molecule has 0 saturated carbocycles. The Labute approximate surface area is 114 Å². The van der Waals surface area contributed by atoms with Crippen LogP contribution in [0, 0.1) is 19.1 Å². The van der Waals surface area contributed by atoms with Crippen LogP contribution in [0.15, 0.2) is 18.2 Å². The van der Waals surface area contributed by atoms with Gasteiger partial charge in [-0.2, -0.15) is 0 Å². The molecule has 0 spiro atoms. The van der Waals surface area contributed by atoms with Crippen LogP contribution in [0.3, 0.4) is 0 Å². The molecule has 2 rings (SSSR count). The summed E-state index contributed by atoms with van der Waals surface area (Å²) in [5, 5.41) is 15.3. The van der Waals surface area contributed by atoms with Crippen LogP contribution in [0.2, 0.25) is 0 Å². The van der Waals surface area contributed by atoms with Gasteiger partial charge >= 0.3 is 0 Å². The number of carbonyl (C=O) groups excluding carboxylic acids is 1. The average molecular weight is 262 g/mol. The first-order chi connectivity index (χ1) is 8.92. The molecule has 1 aliphatic heterocycles. The Balaban J connectivity index is 2.17.